The van der Waals surface area contributed by atoms with Gasteiger partial charge in [0.1, 0.15) is 11.4 Å². The molecule has 1 amide bonds. The molecule has 1 aliphatic rings. The summed E-state index contributed by atoms with van der Waals surface area (Å²) in [6, 6.07) is 7.69. The predicted molar refractivity (Wildman–Crippen MR) is 116 cm³/mol. The Kier molecular flexibility index (Phi) is 9.43. The number of hydrogen-bond acceptors (Lipinski definition) is 6. The van der Waals surface area contributed by atoms with Crippen LogP contribution in [0.2, 0.25) is 0 Å². The van der Waals surface area contributed by atoms with Crippen molar-refractivity contribution in [3.8, 4) is 5.75 Å². The van der Waals surface area contributed by atoms with Crippen molar-refractivity contribution in [1.29, 1.82) is 0 Å². The van der Waals surface area contributed by atoms with Crippen LogP contribution in [0.4, 0.5) is 4.79 Å². The number of nitrogens with zero attached hydrogens (tertiary/aromatic N) is 1. The van der Waals surface area contributed by atoms with Crippen LogP contribution in [0.5, 0.6) is 5.75 Å². The van der Waals surface area contributed by atoms with Crippen molar-refractivity contribution >= 4 is 12.1 Å². The number of nitrogens with one attached hydrogen (secondary N) is 1. The molecule has 2 rings (SSSR count). The van der Waals surface area contributed by atoms with Crippen molar-refractivity contribution in [1.82, 2.24) is 10.2 Å². The molecule has 1 unspecified atom stereocenters. The van der Waals surface area contributed by atoms with Gasteiger partial charge in [-0.15, -0.1) is 0 Å². The van der Waals surface area contributed by atoms with Crippen molar-refractivity contribution in [2.75, 3.05) is 32.8 Å². The van der Waals surface area contributed by atoms with E-state index in [1.807, 2.05) is 49.9 Å². The highest BCUT2D eigenvalue weighted by molar-refractivity contribution is 5.72. The van der Waals surface area contributed by atoms with Gasteiger partial charge in [-0.1, -0.05) is 12.1 Å². The second kappa shape index (κ2) is 11.8. The number of ether oxygens (including phenoxy) is 3. The molecule has 1 heterocycles. The molecule has 0 aliphatic carbocycles. The summed E-state index contributed by atoms with van der Waals surface area (Å²) in [6.07, 6.45) is 2.76. The molecule has 1 atom stereocenters. The van der Waals surface area contributed by atoms with E-state index < -0.39 is 5.60 Å². The highest BCUT2D eigenvalue weighted by Gasteiger charge is 2.29. The molecular weight excluding hydrogens is 384 g/mol. The summed E-state index contributed by atoms with van der Waals surface area (Å²) in [7, 11) is 0. The number of hydrogen-bond donors (Lipinski definition) is 1. The van der Waals surface area contributed by atoms with E-state index in [1.165, 1.54) is 0 Å². The second-order valence-electron chi connectivity index (χ2n) is 8.51. The highest BCUT2D eigenvalue weighted by atomic mass is 16.6. The van der Waals surface area contributed by atoms with Crippen LogP contribution in [-0.2, 0) is 20.7 Å². The number of piperazine rings is 1. The van der Waals surface area contributed by atoms with Gasteiger partial charge >= 0.3 is 12.1 Å². The van der Waals surface area contributed by atoms with Crippen LogP contribution in [0.25, 0.3) is 0 Å². The van der Waals surface area contributed by atoms with Crippen LogP contribution in [0.3, 0.4) is 0 Å². The van der Waals surface area contributed by atoms with Crippen LogP contribution < -0.4 is 10.1 Å². The third-order valence-corrected chi connectivity index (χ3v) is 4.73. The largest absolute Gasteiger partial charge is 0.494 e. The van der Waals surface area contributed by atoms with Gasteiger partial charge in [0.25, 0.3) is 0 Å². The van der Waals surface area contributed by atoms with Crippen molar-refractivity contribution in [2.24, 2.45) is 0 Å². The van der Waals surface area contributed by atoms with Gasteiger partial charge in [0.2, 0.25) is 0 Å². The number of amides is 1. The van der Waals surface area contributed by atoms with Gasteiger partial charge in [-0.3, -0.25) is 4.79 Å². The van der Waals surface area contributed by atoms with Crippen LogP contribution in [0.15, 0.2) is 24.3 Å². The van der Waals surface area contributed by atoms with E-state index in [1.54, 1.807) is 6.92 Å². The maximum atomic E-state index is 12.5. The molecular formula is C23H36N2O5. The smallest absolute Gasteiger partial charge is 0.410 e. The highest BCUT2D eigenvalue weighted by Crippen LogP contribution is 2.18. The van der Waals surface area contributed by atoms with Crippen LogP contribution >= 0.6 is 0 Å². The Hall–Kier alpha value is -2.28. The van der Waals surface area contributed by atoms with Gasteiger partial charge in [0.15, 0.2) is 0 Å². The molecule has 168 valence electrons. The van der Waals surface area contributed by atoms with Gasteiger partial charge in [-0.2, -0.15) is 0 Å². The van der Waals surface area contributed by atoms with Crippen LogP contribution in [-0.4, -0.2) is 61.5 Å². The number of rotatable bonds is 9. The van der Waals surface area contributed by atoms with Crippen LogP contribution in [0, 0.1) is 0 Å². The maximum absolute atomic E-state index is 12.5. The molecule has 1 aromatic carbocycles. The minimum atomic E-state index is -0.484. The molecule has 7 nitrogen and oxygen atoms in total. The average Bonchev–Trinajstić information content (AvgIpc) is 2.67. The van der Waals surface area contributed by atoms with E-state index in [9.17, 15) is 9.59 Å². The van der Waals surface area contributed by atoms with E-state index in [2.05, 4.69) is 5.32 Å². The minimum absolute atomic E-state index is 0.140. The molecule has 1 fully saturated rings. The van der Waals surface area contributed by atoms with Gasteiger partial charge in [0.05, 0.1) is 19.6 Å². The summed E-state index contributed by atoms with van der Waals surface area (Å²) in [5, 5.41) is 3.36. The fourth-order valence-corrected chi connectivity index (χ4v) is 3.38. The quantitative estimate of drug-likeness (QED) is 0.486. The molecule has 0 spiro atoms. The number of esters is 1. The lowest BCUT2D eigenvalue weighted by atomic mass is 10.1. The monoisotopic (exact) mass is 420 g/mol. The Morgan fingerprint density at radius 3 is 2.77 bits per heavy atom. The van der Waals surface area contributed by atoms with Gasteiger partial charge in [-0.05, 0) is 64.7 Å². The van der Waals surface area contributed by atoms with Gasteiger partial charge in [-0.25, -0.2) is 4.79 Å². The average molecular weight is 421 g/mol. The number of carbonyl (C=O) groups excluding carboxylic acids is 2. The number of benzene rings is 1. The zero-order chi connectivity index (χ0) is 22.0. The summed E-state index contributed by atoms with van der Waals surface area (Å²) < 4.78 is 16.4. The fourth-order valence-electron chi connectivity index (χ4n) is 3.38. The SMILES string of the molecule is CCOC(=O)Cc1cccc(OCCCCC2CNCCN2C(=O)OC(C)(C)C)c1. The molecule has 1 aliphatic heterocycles. The topological polar surface area (TPSA) is 77.1 Å². The molecule has 0 saturated carbocycles. The summed E-state index contributed by atoms with van der Waals surface area (Å²) in [5.41, 5.74) is 0.398. The lowest BCUT2D eigenvalue weighted by molar-refractivity contribution is -0.142. The van der Waals surface area contributed by atoms with Crippen LogP contribution in [0.1, 0.15) is 52.5 Å². The van der Waals surface area contributed by atoms with E-state index in [0.717, 1.165) is 43.7 Å². The van der Waals surface area contributed by atoms with Gasteiger partial charge in [0, 0.05) is 25.7 Å². The Morgan fingerprint density at radius 2 is 2.03 bits per heavy atom. The van der Waals surface area contributed by atoms with E-state index in [-0.39, 0.29) is 24.5 Å². The Labute approximate surface area is 180 Å². The lowest BCUT2D eigenvalue weighted by Gasteiger charge is -2.37. The van der Waals surface area contributed by atoms with Crippen molar-refractivity contribution in [3.05, 3.63) is 29.8 Å². The maximum Gasteiger partial charge on any atom is 0.410 e. The summed E-state index contributed by atoms with van der Waals surface area (Å²) in [5.74, 6) is 0.525. The Balaban J connectivity index is 1.73. The number of carbonyl (C=O) groups is 2. The first-order valence-electron chi connectivity index (χ1n) is 10.9. The summed E-state index contributed by atoms with van der Waals surface area (Å²) in [4.78, 5) is 25.9. The second-order valence-corrected chi connectivity index (χ2v) is 8.51. The van der Waals surface area contributed by atoms with E-state index in [4.69, 9.17) is 14.2 Å². The van der Waals surface area contributed by atoms with E-state index >= 15 is 0 Å². The summed E-state index contributed by atoms with van der Waals surface area (Å²) in [6.45, 7) is 10.7. The zero-order valence-corrected chi connectivity index (χ0v) is 18.7. The fraction of sp³-hybridized carbons (Fsp3) is 0.652. The third kappa shape index (κ3) is 8.61. The summed E-state index contributed by atoms with van der Waals surface area (Å²) >= 11 is 0. The lowest BCUT2D eigenvalue weighted by Crippen LogP contribution is -2.54. The zero-order valence-electron chi connectivity index (χ0n) is 18.7. The third-order valence-electron chi connectivity index (χ3n) is 4.73. The first kappa shape index (κ1) is 24.0. The molecule has 1 saturated heterocycles. The Morgan fingerprint density at radius 1 is 1.23 bits per heavy atom. The molecule has 0 aromatic heterocycles. The molecule has 1 aromatic rings. The van der Waals surface area contributed by atoms with Crippen molar-refractivity contribution < 1.29 is 23.8 Å². The predicted octanol–water partition coefficient (Wildman–Crippen LogP) is 3.55. The van der Waals surface area contributed by atoms with E-state index in [0.29, 0.717) is 19.8 Å². The van der Waals surface area contributed by atoms with Gasteiger partial charge < -0.3 is 24.4 Å². The first-order chi connectivity index (χ1) is 14.3. The van der Waals surface area contributed by atoms with Crippen molar-refractivity contribution in [3.63, 3.8) is 0 Å². The molecule has 0 bridgehead atoms. The minimum Gasteiger partial charge on any atom is -0.494 e. The molecule has 1 N–H and O–H groups in total. The normalized spacial score (nSPS) is 16.8. The molecule has 30 heavy (non-hydrogen) atoms. The Bertz CT molecular complexity index is 686. The standard InChI is InChI=1S/C23H36N2O5/c1-5-28-21(26)16-18-9-8-11-20(15-18)29-14-7-6-10-19-17-24-12-13-25(19)22(27)30-23(2,3)4/h8-9,11,15,19,24H,5-7,10,12-14,16-17H2,1-4H3. The van der Waals surface area contributed by atoms with Crippen molar-refractivity contribution in [2.45, 2.75) is 65.0 Å². The first-order valence-corrected chi connectivity index (χ1v) is 10.9. The molecule has 0 radical (unpaired) electrons. The number of unbranched alkanes of at least 4 members (excludes halogenated alkanes) is 1. The molecule has 7 heteroatoms.